The molecule has 1 heterocycles. The van der Waals surface area contributed by atoms with Gasteiger partial charge < -0.3 is 5.11 Å². The van der Waals surface area contributed by atoms with Gasteiger partial charge in [-0.05, 0) is 35.5 Å². The average Bonchev–Trinajstić information content (AvgIpc) is 2.19. The predicted octanol–water partition coefficient (Wildman–Crippen LogP) is 3.49. The second kappa shape index (κ2) is 5.01. The van der Waals surface area contributed by atoms with Crippen molar-refractivity contribution in [3.05, 3.63) is 0 Å². The lowest BCUT2D eigenvalue weighted by atomic mass is 9.60. The van der Waals surface area contributed by atoms with Crippen molar-refractivity contribution in [1.82, 2.24) is 4.90 Å². The highest BCUT2D eigenvalue weighted by Crippen LogP contribution is 2.48. The highest BCUT2D eigenvalue weighted by molar-refractivity contribution is 5.71. The minimum atomic E-state index is -0.614. The van der Waals surface area contributed by atoms with Gasteiger partial charge in [0.1, 0.15) is 0 Å². The first-order valence-corrected chi connectivity index (χ1v) is 8.02. The molecule has 2 aliphatic rings. The Kier molecular flexibility index (Phi) is 3.96. The monoisotopic (exact) mass is 281 g/mol. The van der Waals surface area contributed by atoms with E-state index in [0.717, 1.165) is 18.8 Å². The third-order valence-corrected chi connectivity index (χ3v) is 6.30. The molecule has 1 aliphatic heterocycles. The summed E-state index contributed by atoms with van der Waals surface area (Å²) < 4.78 is 0. The van der Waals surface area contributed by atoms with Crippen LogP contribution >= 0.6 is 0 Å². The molecule has 0 spiro atoms. The molecule has 0 aromatic rings. The summed E-state index contributed by atoms with van der Waals surface area (Å²) in [5.74, 6) is 0.429. The van der Waals surface area contributed by atoms with Crippen LogP contribution in [0, 0.1) is 28.6 Å². The molecule has 20 heavy (non-hydrogen) atoms. The molecule has 0 amide bonds. The molecule has 116 valence electrons. The van der Waals surface area contributed by atoms with Gasteiger partial charge in [-0.2, -0.15) is 0 Å². The van der Waals surface area contributed by atoms with E-state index in [-0.39, 0.29) is 11.3 Å². The van der Waals surface area contributed by atoms with E-state index in [0.29, 0.717) is 17.4 Å². The number of carboxylic acids is 1. The van der Waals surface area contributed by atoms with Crippen molar-refractivity contribution in [2.45, 2.75) is 60.4 Å². The minimum Gasteiger partial charge on any atom is -0.481 e. The summed E-state index contributed by atoms with van der Waals surface area (Å²) in [6.45, 7) is 15.9. The molecule has 0 bridgehead atoms. The second-order valence-electron chi connectivity index (χ2n) is 8.66. The molecule has 3 nitrogen and oxygen atoms in total. The van der Waals surface area contributed by atoms with Crippen molar-refractivity contribution < 1.29 is 9.90 Å². The van der Waals surface area contributed by atoms with Crippen LogP contribution < -0.4 is 0 Å². The fourth-order valence-corrected chi connectivity index (χ4v) is 4.04. The van der Waals surface area contributed by atoms with Crippen molar-refractivity contribution in [3.8, 4) is 0 Å². The topological polar surface area (TPSA) is 40.5 Å². The summed E-state index contributed by atoms with van der Waals surface area (Å²) in [5.41, 5.74) is 0.287. The van der Waals surface area contributed by atoms with Gasteiger partial charge >= 0.3 is 5.97 Å². The Balaban J connectivity index is 2.01. The summed E-state index contributed by atoms with van der Waals surface area (Å²) in [7, 11) is 0. The van der Waals surface area contributed by atoms with Gasteiger partial charge in [0.05, 0.1) is 5.92 Å². The standard InChI is InChI=1S/C17H31NO2/c1-11-14(18-9-12(10-18)16(2,3)4)8-7-13(15(19)20)17(11,5)6/h11-14H,7-10H2,1-6H3,(H,19,20). The summed E-state index contributed by atoms with van der Waals surface area (Å²) >= 11 is 0. The molecule has 3 heteroatoms. The first-order valence-electron chi connectivity index (χ1n) is 8.02. The van der Waals surface area contributed by atoms with E-state index < -0.39 is 5.97 Å². The van der Waals surface area contributed by atoms with Gasteiger partial charge in [-0.1, -0.05) is 41.5 Å². The summed E-state index contributed by atoms with van der Waals surface area (Å²) in [6, 6.07) is 0.569. The van der Waals surface area contributed by atoms with Crippen LogP contribution in [0.5, 0.6) is 0 Å². The Bertz CT molecular complexity index is 377. The van der Waals surface area contributed by atoms with Gasteiger partial charge in [0.2, 0.25) is 0 Å². The molecular formula is C17H31NO2. The van der Waals surface area contributed by atoms with Crippen molar-refractivity contribution in [2.75, 3.05) is 13.1 Å². The minimum absolute atomic E-state index is 0.110. The van der Waals surface area contributed by atoms with E-state index in [4.69, 9.17) is 0 Å². The average molecular weight is 281 g/mol. The zero-order valence-electron chi connectivity index (χ0n) is 13.9. The van der Waals surface area contributed by atoms with E-state index in [9.17, 15) is 9.90 Å². The third-order valence-electron chi connectivity index (χ3n) is 6.30. The second-order valence-corrected chi connectivity index (χ2v) is 8.66. The number of likely N-dealkylation sites (tertiary alicyclic amines) is 1. The van der Waals surface area contributed by atoms with Crippen molar-refractivity contribution >= 4 is 5.97 Å². The van der Waals surface area contributed by atoms with Crippen LogP contribution in [-0.2, 0) is 4.79 Å². The molecule has 2 fully saturated rings. The molecule has 0 aromatic heterocycles. The fraction of sp³-hybridized carbons (Fsp3) is 0.941. The molecule has 1 saturated carbocycles. The van der Waals surface area contributed by atoms with Gasteiger partial charge in [-0.3, -0.25) is 9.69 Å². The van der Waals surface area contributed by atoms with Crippen LogP contribution in [0.15, 0.2) is 0 Å². The molecule has 0 radical (unpaired) electrons. The number of nitrogens with zero attached hydrogens (tertiary/aromatic N) is 1. The lowest BCUT2D eigenvalue weighted by Gasteiger charge is -2.56. The highest BCUT2D eigenvalue weighted by Gasteiger charge is 2.50. The quantitative estimate of drug-likeness (QED) is 0.842. The van der Waals surface area contributed by atoms with Crippen LogP contribution in [0.4, 0.5) is 0 Å². The predicted molar refractivity (Wildman–Crippen MR) is 81.6 cm³/mol. The Hall–Kier alpha value is -0.570. The number of rotatable bonds is 2. The first-order chi connectivity index (χ1) is 9.05. The van der Waals surface area contributed by atoms with Crippen LogP contribution in [0.2, 0.25) is 0 Å². The van der Waals surface area contributed by atoms with Crippen molar-refractivity contribution in [3.63, 3.8) is 0 Å². The zero-order valence-corrected chi connectivity index (χ0v) is 13.9. The molecule has 1 N–H and O–H groups in total. The van der Waals surface area contributed by atoms with Gasteiger partial charge in [0.15, 0.2) is 0 Å². The van der Waals surface area contributed by atoms with Crippen LogP contribution in [0.1, 0.15) is 54.4 Å². The summed E-state index contributed by atoms with van der Waals surface area (Å²) in [4.78, 5) is 14.0. The van der Waals surface area contributed by atoms with Gasteiger partial charge in [0.25, 0.3) is 0 Å². The Morgan fingerprint density at radius 1 is 1.20 bits per heavy atom. The zero-order chi connectivity index (χ0) is 15.3. The van der Waals surface area contributed by atoms with E-state index in [2.05, 4.69) is 46.4 Å². The van der Waals surface area contributed by atoms with E-state index in [1.165, 1.54) is 13.1 Å². The molecular weight excluding hydrogens is 250 g/mol. The van der Waals surface area contributed by atoms with Gasteiger partial charge in [0, 0.05) is 19.1 Å². The van der Waals surface area contributed by atoms with Crippen LogP contribution in [0.3, 0.4) is 0 Å². The van der Waals surface area contributed by atoms with Gasteiger partial charge in [-0.25, -0.2) is 0 Å². The smallest absolute Gasteiger partial charge is 0.307 e. The Morgan fingerprint density at radius 2 is 1.75 bits per heavy atom. The van der Waals surface area contributed by atoms with Crippen molar-refractivity contribution in [1.29, 1.82) is 0 Å². The summed E-state index contributed by atoms with van der Waals surface area (Å²) in [6.07, 6.45) is 1.87. The van der Waals surface area contributed by atoms with E-state index in [1.807, 2.05) is 0 Å². The lowest BCUT2D eigenvalue weighted by Crippen LogP contribution is -2.61. The lowest BCUT2D eigenvalue weighted by molar-refractivity contribution is -0.154. The number of carbonyl (C=O) groups is 1. The maximum Gasteiger partial charge on any atom is 0.307 e. The van der Waals surface area contributed by atoms with Crippen LogP contribution in [-0.4, -0.2) is 35.1 Å². The van der Waals surface area contributed by atoms with E-state index >= 15 is 0 Å². The highest BCUT2D eigenvalue weighted by atomic mass is 16.4. The molecule has 1 aliphatic carbocycles. The first kappa shape index (κ1) is 15.8. The van der Waals surface area contributed by atoms with Gasteiger partial charge in [-0.15, -0.1) is 0 Å². The third kappa shape index (κ3) is 2.61. The maximum atomic E-state index is 11.4. The van der Waals surface area contributed by atoms with Crippen LogP contribution in [0.25, 0.3) is 0 Å². The summed E-state index contributed by atoms with van der Waals surface area (Å²) in [5, 5.41) is 9.42. The molecule has 2 rings (SSSR count). The molecule has 3 atom stereocenters. The normalized spacial score (nSPS) is 35.6. The molecule has 0 aromatic carbocycles. The fourth-order valence-electron chi connectivity index (χ4n) is 4.04. The van der Waals surface area contributed by atoms with Crippen molar-refractivity contribution in [2.24, 2.45) is 28.6 Å². The number of hydrogen-bond donors (Lipinski definition) is 1. The maximum absolute atomic E-state index is 11.4. The Morgan fingerprint density at radius 3 is 2.20 bits per heavy atom. The molecule has 3 unspecified atom stereocenters. The number of aliphatic carboxylic acids is 1. The number of hydrogen-bond acceptors (Lipinski definition) is 2. The van der Waals surface area contributed by atoms with E-state index in [1.54, 1.807) is 0 Å². The largest absolute Gasteiger partial charge is 0.481 e. The SMILES string of the molecule is CC1C(N2CC(C(C)(C)C)C2)CCC(C(=O)O)C1(C)C. The number of carboxylic acid groups (broad SMARTS) is 1. The Labute approximate surface area is 123 Å². The molecule has 1 saturated heterocycles.